The lowest BCUT2D eigenvalue weighted by Crippen LogP contribution is -2.15. The Hall–Kier alpha value is -2.01. The van der Waals surface area contributed by atoms with Crippen LogP contribution in [0.25, 0.3) is 0 Å². The van der Waals surface area contributed by atoms with Crippen LogP contribution in [0.15, 0.2) is 48.5 Å². The molecule has 0 saturated heterocycles. The van der Waals surface area contributed by atoms with Gasteiger partial charge in [-0.1, -0.05) is 30.3 Å². The third-order valence-corrected chi connectivity index (χ3v) is 3.66. The summed E-state index contributed by atoms with van der Waals surface area (Å²) in [5, 5.41) is 0. The molecule has 1 atom stereocenters. The van der Waals surface area contributed by atoms with Crippen molar-refractivity contribution in [3.63, 3.8) is 0 Å². The Kier molecular flexibility index (Phi) is 5.66. The van der Waals surface area contributed by atoms with Gasteiger partial charge in [0.05, 0.1) is 12.2 Å². The fourth-order valence-corrected chi connectivity index (χ4v) is 2.52. The van der Waals surface area contributed by atoms with Crippen molar-refractivity contribution in [3.8, 4) is 5.75 Å². The predicted molar refractivity (Wildman–Crippen MR) is 84.6 cm³/mol. The molecule has 5 heteroatoms. The summed E-state index contributed by atoms with van der Waals surface area (Å²) in [5.74, 6) is 0.686. The van der Waals surface area contributed by atoms with E-state index in [1.807, 2.05) is 31.2 Å². The second kappa shape index (κ2) is 7.51. The van der Waals surface area contributed by atoms with E-state index in [9.17, 15) is 13.2 Å². The lowest BCUT2D eigenvalue weighted by Gasteiger charge is -2.17. The van der Waals surface area contributed by atoms with Crippen LogP contribution in [-0.2, 0) is 12.6 Å². The fourth-order valence-electron chi connectivity index (χ4n) is 2.52. The van der Waals surface area contributed by atoms with Crippen molar-refractivity contribution in [2.24, 2.45) is 5.73 Å². The van der Waals surface area contributed by atoms with Crippen molar-refractivity contribution in [2.45, 2.75) is 25.4 Å². The van der Waals surface area contributed by atoms with Gasteiger partial charge in [-0.3, -0.25) is 0 Å². The van der Waals surface area contributed by atoms with E-state index < -0.39 is 11.7 Å². The summed E-state index contributed by atoms with van der Waals surface area (Å²) in [6.45, 7) is 2.81. The van der Waals surface area contributed by atoms with Crippen LogP contribution in [0.5, 0.6) is 5.75 Å². The zero-order chi connectivity index (χ0) is 16.9. The molecular weight excluding hydrogens is 303 g/mol. The minimum atomic E-state index is -4.33. The van der Waals surface area contributed by atoms with E-state index in [-0.39, 0.29) is 5.92 Å². The average molecular weight is 323 g/mol. The van der Waals surface area contributed by atoms with E-state index in [1.54, 1.807) is 6.07 Å². The van der Waals surface area contributed by atoms with E-state index in [0.29, 0.717) is 25.1 Å². The van der Waals surface area contributed by atoms with Gasteiger partial charge in [-0.2, -0.15) is 13.2 Å². The summed E-state index contributed by atoms with van der Waals surface area (Å²) >= 11 is 0. The summed E-state index contributed by atoms with van der Waals surface area (Å²) in [6.07, 6.45) is -3.88. The molecule has 1 unspecified atom stereocenters. The maximum Gasteiger partial charge on any atom is 0.416 e. The highest BCUT2D eigenvalue weighted by Crippen LogP contribution is 2.31. The van der Waals surface area contributed by atoms with Gasteiger partial charge >= 0.3 is 6.18 Å². The van der Waals surface area contributed by atoms with Crippen LogP contribution in [0.4, 0.5) is 13.2 Å². The average Bonchev–Trinajstić information content (AvgIpc) is 2.53. The third kappa shape index (κ3) is 4.73. The number of benzene rings is 2. The second-order valence-electron chi connectivity index (χ2n) is 5.34. The monoisotopic (exact) mass is 323 g/mol. The molecule has 124 valence electrons. The Morgan fingerprint density at radius 2 is 1.83 bits per heavy atom. The Morgan fingerprint density at radius 1 is 1.09 bits per heavy atom. The topological polar surface area (TPSA) is 35.2 Å². The maximum absolute atomic E-state index is 12.8. The van der Waals surface area contributed by atoms with Crippen molar-refractivity contribution in [1.82, 2.24) is 0 Å². The van der Waals surface area contributed by atoms with Crippen molar-refractivity contribution in [3.05, 3.63) is 65.2 Å². The summed E-state index contributed by atoms with van der Waals surface area (Å²) < 4.78 is 43.9. The number of rotatable bonds is 6. The number of hydrogen-bond acceptors (Lipinski definition) is 2. The summed E-state index contributed by atoms with van der Waals surface area (Å²) in [5.41, 5.74) is 6.80. The predicted octanol–water partition coefficient (Wildman–Crippen LogP) is 4.39. The second-order valence-corrected chi connectivity index (χ2v) is 5.34. The first kappa shape index (κ1) is 17.3. The van der Waals surface area contributed by atoms with E-state index in [2.05, 4.69) is 0 Å². The van der Waals surface area contributed by atoms with Crippen molar-refractivity contribution >= 4 is 0 Å². The zero-order valence-electron chi connectivity index (χ0n) is 12.9. The number of ether oxygens (including phenoxy) is 1. The van der Waals surface area contributed by atoms with Crippen molar-refractivity contribution < 1.29 is 17.9 Å². The zero-order valence-corrected chi connectivity index (χ0v) is 12.9. The molecular formula is C18H20F3NO. The van der Waals surface area contributed by atoms with Gasteiger partial charge in [-0.15, -0.1) is 0 Å². The Labute approximate surface area is 134 Å². The summed E-state index contributed by atoms with van der Waals surface area (Å²) in [7, 11) is 0. The molecule has 0 spiro atoms. The smallest absolute Gasteiger partial charge is 0.416 e. The van der Waals surface area contributed by atoms with Gasteiger partial charge in [0, 0.05) is 5.92 Å². The number of hydrogen-bond donors (Lipinski definition) is 1. The van der Waals surface area contributed by atoms with Gasteiger partial charge in [-0.05, 0) is 49.2 Å². The van der Waals surface area contributed by atoms with Crippen molar-refractivity contribution in [2.75, 3.05) is 13.2 Å². The molecule has 0 aliphatic heterocycles. The molecule has 23 heavy (non-hydrogen) atoms. The van der Waals surface area contributed by atoms with Crippen LogP contribution in [0.2, 0.25) is 0 Å². The van der Waals surface area contributed by atoms with Gasteiger partial charge in [0.2, 0.25) is 0 Å². The van der Waals surface area contributed by atoms with Gasteiger partial charge in [0.1, 0.15) is 5.75 Å². The fraction of sp³-hybridized carbons (Fsp3) is 0.333. The molecule has 0 bridgehead atoms. The molecule has 0 heterocycles. The van der Waals surface area contributed by atoms with E-state index in [0.717, 1.165) is 17.4 Å². The first-order valence-corrected chi connectivity index (χ1v) is 7.53. The SMILES string of the molecule is CCOc1cccc(C(CN)Cc2cccc(C(F)(F)F)c2)c1. The highest BCUT2D eigenvalue weighted by Gasteiger charge is 2.30. The first-order chi connectivity index (χ1) is 10.9. The van der Waals surface area contributed by atoms with E-state index in [1.165, 1.54) is 12.1 Å². The number of alkyl halides is 3. The van der Waals surface area contributed by atoms with Crippen molar-refractivity contribution in [1.29, 1.82) is 0 Å². The summed E-state index contributed by atoms with van der Waals surface area (Å²) in [4.78, 5) is 0. The van der Waals surface area contributed by atoms with Crippen LogP contribution in [0.1, 0.15) is 29.5 Å². The molecule has 0 aliphatic rings. The van der Waals surface area contributed by atoms with Crippen LogP contribution in [0.3, 0.4) is 0 Å². The van der Waals surface area contributed by atoms with Gasteiger partial charge in [0.25, 0.3) is 0 Å². The molecule has 2 N–H and O–H groups in total. The first-order valence-electron chi connectivity index (χ1n) is 7.53. The molecule has 0 amide bonds. The van der Waals surface area contributed by atoms with Crippen LogP contribution >= 0.6 is 0 Å². The number of halogens is 3. The highest BCUT2D eigenvalue weighted by molar-refractivity contribution is 5.33. The summed E-state index contributed by atoms with van der Waals surface area (Å²) in [6, 6.07) is 12.9. The molecule has 0 radical (unpaired) electrons. The standard InChI is InChI=1S/C18H20F3NO/c1-2-23-17-8-4-6-14(11-17)15(12-22)9-13-5-3-7-16(10-13)18(19,20)21/h3-8,10-11,15H,2,9,12,22H2,1H3. The highest BCUT2D eigenvalue weighted by atomic mass is 19.4. The van der Waals surface area contributed by atoms with E-state index in [4.69, 9.17) is 10.5 Å². The molecule has 2 rings (SSSR count). The lowest BCUT2D eigenvalue weighted by atomic mass is 9.91. The number of nitrogens with two attached hydrogens (primary N) is 1. The molecule has 0 aromatic heterocycles. The minimum Gasteiger partial charge on any atom is -0.494 e. The van der Waals surface area contributed by atoms with Crippen LogP contribution < -0.4 is 10.5 Å². The molecule has 2 aromatic carbocycles. The minimum absolute atomic E-state index is 0.0566. The van der Waals surface area contributed by atoms with Crippen LogP contribution in [-0.4, -0.2) is 13.2 Å². The molecule has 2 nitrogen and oxygen atoms in total. The maximum atomic E-state index is 12.8. The van der Waals surface area contributed by atoms with Crippen LogP contribution in [0, 0.1) is 0 Å². The Bertz CT molecular complexity index is 640. The van der Waals surface area contributed by atoms with E-state index >= 15 is 0 Å². The van der Waals surface area contributed by atoms with Gasteiger partial charge < -0.3 is 10.5 Å². The largest absolute Gasteiger partial charge is 0.494 e. The molecule has 2 aromatic rings. The van der Waals surface area contributed by atoms with Gasteiger partial charge in [-0.25, -0.2) is 0 Å². The normalized spacial score (nSPS) is 12.9. The Balaban J connectivity index is 2.21. The molecule has 0 fully saturated rings. The van der Waals surface area contributed by atoms with Gasteiger partial charge in [0.15, 0.2) is 0 Å². The Morgan fingerprint density at radius 3 is 2.48 bits per heavy atom. The lowest BCUT2D eigenvalue weighted by molar-refractivity contribution is -0.137. The molecule has 0 saturated carbocycles. The third-order valence-electron chi connectivity index (χ3n) is 3.66. The molecule has 0 aliphatic carbocycles. The quantitative estimate of drug-likeness (QED) is 0.856.